The molecule has 0 unspecified atom stereocenters. The number of amides is 1. The SMILES string of the molecule is CN1CCN(C2(CNC(=O)CCn3ccc4cc(Br)ccc43)CCCCC2)CC1. The van der Waals surface area contributed by atoms with E-state index in [1.54, 1.807) is 0 Å². The Balaban J connectivity index is 1.34. The Morgan fingerprint density at radius 2 is 1.86 bits per heavy atom. The van der Waals surface area contributed by atoms with Gasteiger partial charge in [-0.1, -0.05) is 35.2 Å². The lowest BCUT2D eigenvalue weighted by molar-refractivity contribution is -0.122. The van der Waals surface area contributed by atoms with Crippen molar-refractivity contribution in [2.24, 2.45) is 0 Å². The second-order valence-electron chi connectivity index (χ2n) is 8.81. The van der Waals surface area contributed by atoms with Crippen molar-refractivity contribution < 1.29 is 4.79 Å². The molecule has 1 aromatic carbocycles. The molecule has 5 nitrogen and oxygen atoms in total. The molecule has 0 atom stereocenters. The van der Waals surface area contributed by atoms with Crippen LogP contribution in [0.5, 0.6) is 0 Å². The van der Waals surface area contributed by atoms with Crippen LogP contribution in [0.3, 0.4) is 0 Å². The summed E-state index contributed by atoms with van der Waals surface area (Å²) in [7, 11) is 2.20. The molecule has 1 amide bonds. The monoisotopic (exact) mass is 460 g/mol. The maximum Gasteiger partial charge on any atom is 0.221 e. The summed E-state index contributed by atoms with van der Waals surface area (Å²) in [5.41, 5.74) is 1.35. The van der Waals surface area contributed by atoms with Crippen LogP contribution in [-0.4, -0.2) is 65.6 Å². The van der Waals surface area contributed by atoms with Gasteiger partial charge in [-0.2, -0.15) is 0 Å². The number of piperazine rings is 1. The molecule has 1 saturated carbocycles. The highest BCUT2D eigenvalue weighted by molar-refractivity contribution is 9.10. The number of halogens is 1. The van der Waals surface area contributed by atoms with E-state index in [0.717, 1.165) is 43.7 Å². The second kappa shape index (κ2) is 9.19. The quantitative estimate of drug-likeness (QED) is 0.711. The number of carbonyl (C=O) groups excluding carboxylic acids is 1. The number of hydrogen-bond acceptors (Lipinski definition) is 3. The lowest BCUT2D eigenvalue weighted by atomic mass is 9.79. The van der Waals surface area contributed by atoms with Gasteiger partial charge in [-0.05, 0) is 44.2 Å². The zero-order chi connectivity index (χ0) is 20.3. The number of carbonyl (C=O) groups is 1. The van der Waals surface area contributed by atoms with Crippen molar-refractivity contribution in [3.63, 3.8) is 0 Å². The van der Waals surface area contributed by atoms with Gasteiger partial charge in [0.2, 0.25) is 5.91 Å². The molecule has 158 valence electrons. The van der Waals surface area contributed by atoms with E-state index < -0.39 is 0 Å². The van der Waals surface area contributed by atoms with E-state index in [-0.39, 0.29) is 11.4 Å². The van der Waals surface area contributed by atoms with Crippen LogP contribution in [0, 0.1) is 0 Å². The molecular formula is C23H33BrN4O. The Morgan fingerprint density at radius 1 is 1.10 bits per heavy atom. The van der Waals surface area contributed by atoms with E-state index in [9.17, 15) is 4.79 Å². The van der Waals surface area contributed by atoms with Gasteiger partial charge in [0, 0.05) is 72.8 Å². The third kappa shape index (κ3) is 4.86. The lowest BCUT2D eigenvalue weighted by Gasteiger charge is -2.49. The number of likely N-dealkylation sites (N-methyl/N-ethyl adjacent to an activating group) is 1. The first kappa shape index (κ1) is 20.9. The number of rotatable bonds is 6. The predicted molar refractivity (Wildman–Crippen MR) is 122 cm³/mol. The van der Waals surface area contributed by atoms with E-state index in [0.29, 0.717) is 6.42 Å². The normalized spacial score (nSPS) is 20.8. The molecule has 1 saturated heterocycles. The van der Waals surface area contributed by atoms with Gasteiger partial charge in [-0.25, -0.2) is 0 Å². The zero-order valence-corrected chi connectivity index (χ0v) is 19.1. The summed E-state index contributed by atoms with van der Waals surface area (Å²) in [6.07, 6.45) is 8.94. The molecular weight excluding hydrogens is 428 g/mol. The van der Waals surface area contributed by atoms with Crippen molar-refractivity contribution in [3.05, 3.63) is 34.9 Å². The van der Waals surface area contributed by atoms with Crippen LogP contribution < -0.4 is 5.32 Å². The largest absolute Gasteiger partial charge is 0.354 e. The van der Waals surface area contributed by atoms with Gasteiger partial charge in [0.15, 0.2) is 0 Å². The number of aromatic nitrogens is 1. The number of hydrogen-bond donors (Lipinski definition) is 1. The number of nitrogens with zero attached hydrogens (tertiary/aromatic N) is 3. The first-order chi connectivity index (χ1) is 14.1. The topological polar surface area (TPSA) is 40.5 Å². The van der Waals surface area contributed by atoms with E-state index in [1.165, 1.54) is 43.0 Å². The van der Waals surface area contributed by atoms with Crippen LogP contribution >= 0.6 is 15.9 Å². The van der Waals surface area contributed by atoms with Crippen LogP contribution in [0.2, 0.25) is 0 Å². The molecule has 1 aromatic heterocycles. The fourth-order valence-electron chi connectivity index (χ4n) is 5.03. The average molecular weight is 461 g/mol. The molecule has 2 heterocycles. The van der Waals surface area contributed by atoms with Crippen LogP contribution in [0.25, 0.3) is 10.9 Å². The molecule has 1 N–H and O–H groups in total. The standard InChI is InChI=1S/C23H33BrN4O/c1-26-13-15-28(16-14-26)23(9-3-2-4-10-23)18-25-22(29)8-12-27-11-7-19-17-20(24)5-6-21(19)27/h5-7,11,17H,2-4,8-10,12-16,18H2,1H3,(H,25,29). The van der Waals surface area contributed by atoms with E-state index in [1.807, 2.05) is 0 Å². The van der Waals surface area contributed by atoms with Crippen molar-refractivity contribution in [2.75, 3.05) is 39.8 Å². The van der Waals surface area contributed by atoms with Gasteiger partial charge >= 0.3 is 0 Å². The van der Waals surface area contributed by atoms with Gasteiger partial charge in [0.25, 0.3) is 0 Å². The molecule has 0 bridgehead atoms. The highest BCUT2D eigenvalue weighted by Gasteiger charge is 2.39. The summed E-state index contributed by atoms with van der Waals surface area (Å²) in [6, 6.07) is 8.40. The molecule has 4 rings (SSSR count). The van der Waals surface area contributed by atoms with Crippen molar-refractivity contribution in [3.8, 4) is 0 Å². The molecule has 29 heavy (non-hydrogen) atoms. The highest BCUT2D eigenvalue weighted by atomic mass is 79.9. The van der Waals surface area contributed by atoms with Crippen molar-refractivity contribution in [2.45, 2.75) is 50.6 Å². The average Bonchev–Trinajstić information content (AvgIpc) is 3.14. The lowest BCUT2D eigenvalue weighted by Crippen LogP contribution is -2.61. The summed E-state index contributed by atoms with van der Waals surface area (Å²) in [5.74, 6) is 0.169. The van der Waals surface area contributed by atoms with Gasteiger partial charge in [0.1, 0.15) is 0 Å². The summed E-state index contributed by atoms with van der Waals surface area (Å²) in [4.78, 5) is 17.8. The molecule has 0 spiro atoms. The summed E-state index contributed by atoms with van der Waals surface area (Å²) in [6.45, 7) is 6.03. The maximum absolute atomic E-state index is 12.7. The number of nitrogens with one attached hydrogen (secondary N) is 1. The Kier molecular flexibility index (Phi) is 6.62. The predicted octanol–water partition coefficient (Wildman–Crippen LogP) is 3.86. The zero-order valence-electron chi connectivity index (χ0n) is 17.5. The minimum Gasteiger partial charge on any atom is -0.354 e. The summed E-state index contributed by atoms with van der Waals surface area (Å²) in [5, 5.41) is 4.51. The van der Waals surface area contributed by atoms with Crippen LogP contribution in [0.4, 0.5) is 0 Å². The fraction of sp³-hybridized carbons (Fsp3) is 0.609. The molecule has 1 aliphatic heterocycles. The number of fused-ring (bicyclic) bond motifs is 1. The Morgan fingerprint density at radius 3 is 2.62 bits per heavy atom. The van der Waals surface area contributed by atoms with Gasteiger partial charge in [-0.15, -0.1) is 0 Å². The van der Waals surface area contributed by atoms with Crippen LogP contribution in [0.15, 0.2) is 34.9 Å². The van der Waals surface area contributed by atoms with Gasteiger partial charge in [0.05, 0.1) is 0 Å². The molecule has 2 aliphatic rings. The minimum absolute atomic E-state index is 0.168. The fourth-order valence-corrected chi connectivity index (χ4v) is 5.41. The summed E-state index contributed by atoms with van der Waals surface area (Å²) < 4.78 is 3.26. The second-order valence-corrected chi connectivity index (χ2v) is 9.73. The Hall–Kier alpha value is -1.37. The molecule has 0 radical (unpaired) electrons. The first-order valence-electron chi connectivity index (χ1n) is 11.0. The third-order valence-electron chi connectivity index (χ3n) is 6.89. The molecule has 6 heteroatoms. The smallest absolute Gasteiger partial charge is 0.221 e. The Bertz CT molecular complexity index is 835. The minimum atomic E-state index is 0.168. The number of aryl methyl sites for hydroxylation is 1. The van der Waals surface area contributed by atoms with Crippen LogP contribution in [-0.2, 0) is 11.3 Å². The number of benzene rings is 1. The van der Waals surface area contributed by atoms with Gasteiger partial charge < -0.3 is 14.8 Å². The summed E-state index contributed by atoms with van der Waals surface area (Å²) >= 11 is 3.52. The van der Waals surface area contributed by atoms with Crippen LogP contribution in [0.1, 0.15) is 38.5 Å². The van der Waals surface area contributed by atoms with E-state index >= 15 is 0 Å². The third-order valence-corrected chi connectivity index (χ3v) is 7.38. The van der Waals surface area contributed by atoms with Crippen molar-refractivity contribution >= 4 is 32.7 Å². The molecule has 1 aliphatic carbocycles. The highest BCUT2D eigenvalue weighted by Crippen LogP contribution is 2.34. The Labute approximate surface area is 182 Å². The van der Waals surface area contributed by atoms with E-state index in [4.69, 9.17) is 0 Å². The maximum atomic E-state index is 12.7. The first-order valence-corrected chi connectivity index (χ1v) is 11.8. The van der Waals surface area contributed by atoms with Crippen molar-refractivity contribution in [1.82, 2.24) is 19.7 Å². The van der Waals surface area contributed by atoms with Gasteiger partial charge in [-0.3, -0.25) is 9.69 Å². The molecule has 2 aromatic rings. The van der Waals surface area contributed by atoms with Crippen molar-refractivity contribution in [1.29, 1.82) is 0 Å². The van der Waals surface area contributed by atoms with E-state index in [2.05, 4.69) is 73.1 Å². The molecule has 2 fully saturated rings.